The number of ether oxygens (including phenoxy) is 1. The smallest absolute Gasteiger partial charge is 0.258 e. The predicted octanol–water partition coefficient (Wildman–Crippen LogP) is 3.80. The van der Waals surface area contributed by atoms with Crippen molar-refractivity contribution in [1.29, 1.82) is 0 Å². The van der Waals surface area contributed by atoms with Crippen LogP contribution in [-0.2, 0) is 6.42 Å². The van der Waals surface area contributed by atoms with Gasteiger partial charge in [0.15, 0.2) is 0 Å². The Kier molecular flexibility index (Phi) is 4.66. The average Bonchev–Trinajstić information content (AvgIpc) is 2.61. The summed E-state index contributed by atoms with van der Waals surface area (Å²) in [6, 6.07) is 8.53. The summed E-state index contributed by atoms with van der Waals surface area (Å²) in [6.07, 6.45) is 1.79. The molecule has 0 fully saturated rings. The maximum atomic E-state index is 14.3. The van der Waals surface area contributed by atoms with Gasteiger partial charge in [0.2, 0.25) is 0 Å². The van der Waals surface area contributed by atoms with Crippen LogP contribution in [0, 0.1) is 12.7 Å². The first-order chi connectivity index (χ1) is 11.9. The normalized spacial score (nSPS) is 13.4. The number of fused-ring (bicyclic) bond motifs is 1. The molecule has 132 valence electrons. The van der Waals surface area contributed by atoms with Crippen molar-refractivity contribution in [3.63, 3.8) is 0 Å². The maximum Gasteiger partial charge on any atom is 0.258 e. The van der Waals surface area contributed by atoms with E-state index < -0.39 is 5.82 Å². The van der Waals surface area contributed by atoms with Crippen LogP contribution in [0.5, 0.6) is 5.75 Å². The summed E-state index contributed by atoms with van der Waals surface area (Å²) in [5.41, 5.74) is 3.89. The molecule has 5 heteroatoms. The highest BCUT2D eigenvalue weighted by Crippen LogP contribution is 2.39. The first-order valence-corrected chi connectivity index (χ1v) is 8.39. The van der Waals surface area contributed by atoms with Crippen molar-refractivity contribution in [3.05, 3.63) is 52.8 Å². The zero-order valence-corrected chi connectivity index (χ0v) is 15.1. The summed E-state index contributed by atoms with van der Waals surface area (Å²) in [5.74, 6) is 0.0809. The predicted molar refractivity (Wildman–Crippen MR) is 98.5 cm³/mol. The van der Waals surface area contributed by atoms with Gasteiger partial charge in [-0.05, 0) is 55.2 Å². The van der Waals surface area contributed by atoms with E-state index in [9.17, 15) is 9.18 Å². The van der Waals surface area contributed by atoms with Crippen LogP contribution in [-0.4, -0.2) is 33.7 Å². The van der Waals surface area contributed by atoms with Crippen LogP contribution >= 0.6 is 0 Å². The first-order valence-electron chi connectivity index (χ1n) is 8.39. The van der Waals surface area contributed by atoms with Crippen LogP contribution in [0.15, 0.2) is 30.3 Å². The second-order valence-electron chi connectivity index (χ2n) is 6.53. The Bertz CT molecular complexity index is 818. The molecule has 0 N–H and O–H groups in total. The highest BCUT2D eigenvalue weighted by molar-refractivity contribution is 6.08. The van der Waals surface area contributed by atoms with Gasteiger partial charge in [0.05, 0.1) is 18.5 Å². The molecule has 1 heterocycles. The Morgan fingerprint density at radius 3 is 2.64 bits per heavy atom. The number of carbonyl (C=O) groups excluding carboxylic acids is 1. The van der Waals surface area contributed by atoms with Gasteiger partial charge in [-0.1, -0.05) is 6.07 Å². The van der Waals surface area contributed by atoms with Crippen molar-refractivity contribution in [2.45, 2.75) is 19.8 Å². The van der Waals surface area contributed by atoms with Gasteiger partial charge < -0.3 is 14.5 Å². The molecule has 0 radical (unpaired) electrons. The van der Waals surface area contributed by atoms with E-state index in [1.54, 1.807) is 43.1 Å². The molecule has 0 atom stereocenters. The molecular formula is C20H23FN2O2. The molecule has 0 aliphatic carbocycles. The lowest BCUT2D eigenvalue weighted by Crippen LogP contribution is -2.36. The molecule has 1 aliphatic rings. The zero-order valence-electron chi connectivity index (χ0n) is 15.1. The number of hydrogen-bond acceptors (Lipinski definition) is 3. The zero-order chi connectivity index (χ0) is 18.1. The van der Waals surface area contributed by atoms with Crippen LogP contribution in [0.4, 0.5) is 15.8 Å². The van der Waals surface area contributed by atoms with E-state index in [1.165, 1.54) is 6.07 Å². The molecule has 25 heavy (non-hydrogen) atoms. The molecule has 0 spiro atoms. The Morgan fingerprint density at radius 2 is 2.00 bits per heavy atom. The van der Waals surface area contributed by atoms with Gasteiger partial charge in [-0.2, -0.15) is 0 Å². The quantitative estimate of drug-likeness (QED) is 0.850. The van der Waals surface area contributed by atoms with Crippen molar-refractivity contribution in [2.24, 2.45) is 0 Å². The average molecular weight is 342 g/mol. The number of aryl methyl sites for hydroxylation is 1. The number of amides is 1. The Hall–Kier alpha value is -2.56. The van der Waals surface area contributed by atoms with E-state index in [2.05, 4.69) is 0 Å². The topological polar surface area (TPSA) is 32.8 Å². The number of hydrogen-bond donors (Lipinski definition) is 0. The highest BCUT2D eigenvalue weighted by atomic mass is 19.1. The summed E-state index contributed by atoms with van der Waals surface area (Å²) in [7, 11) is 5.15. The molecule has 2 aromatic carbocycles. The molecule has 4 nitrogen and oxygen atoms in total. The maximum absolute atomic E-state index is 14.3. The summed E-state index contributed by atoms with van der Waals surface area (Å²) < 4.78 is 19.8. The van der Waals surface area contributed by atoms with Crippen LogP contribution in [0.25, 0.3) is 0 Å². The fraction of sp³-hybridized carbons (Fsp3) is 0.350. The largest absolute Gasteiger partial charge is 0.495 e. The monoisotopic (exact) mass is 342 g/mol. The number of benzene rings is 2. The van der Waals surface area contributed by atoms with Crippen LogP contribution in [0.2, 0.25) is 0 Å². The first kappa shape index (κ1) is 17.3. The third kappa shape index (κ3) is 3.06. The van der Waals surface area contributed by atoms with E-state index >= 15 is 0 Å². The van der Waals surface area contributed by atoms with Crippen molar-refractivity contribution in [3.8, 4) is 5.75 Å². The van der Waals surface area contributed by atoms with Gasteiger partial charge >= 0.3 is 0 Å². The van der Waals surface area contributed by atoms with Crippen molar-refractivity contribution >= 4 is 17.3 Å². The number of methoxy groups -OCH3 is 1. The second-order valence-corrected chi connectivity index (χ2v) is 6.53. The fourth-order valence-electron chi connectivity index (χ4n) is 3.38. The Balaban J connectivity index is 2.03. The van der Waals surface area contributed by atoms with E-state index in [1.807, 2.05) is 19.1 Å². The lowest BCUT2D eigenvalue weighted by atomic mass is 9.95. The molecule has 0 bridgehead atoms. The van der Waals surface area contributed by atoms with Gasteiger partial charge in [0.25, 0.3) is 5.91 Å². The molecule has 0 aromatic heterocycles. The van der Waals surface area contributed by atoms with Gasteiger partial charge in [-0.25, -0.2) is 4.39 Å². The fourth-order valence-corrected chi connectivity index (χ4v) is 3.38. The third-order valence-electron chi connectivity index (χ3n) is 4.70. The lowest BCUT2D eigenvalue weighted by molar-refractivity contribution is 0.0984. The van der Waals surface area contributed by atoms with E-state index in [0.717, 1.165) is 29.7 Å². The number of anilines is 2. The minimum Gasteiger partial charge on any atom is -0.495 e. The minimum atomic E-state index is -0.399. The summed E-state index contributed by atoms with van der Waals surface area (Å²) in [6.45, 7) is 2.64. The van der Waals surface area contributed by atoms with Gasteiger partial charge in [-0.3, -0.25) is 4.79 Å². The summed E-state index contributed by atoms with van der Waals surface area (Å²) in [4.78, 5) is 16.5. The molecule has 0 saturated heterocycles. The van der Waals surface area contributed by atoms with Gasteiger partial charge in [0.1, 0.15) is 11.6 Å². The number of nitrogens with zero attached hydrogens (tertiary/aromatic N) is 2. The van der Waals surface area contributed by atoms with E-state index in [0.29, 0.717) is 23.5 Å². The van der Waals surface area contributed by atoms with Crippen LogP contribution in [0.1, 0.15) is 27.9 Å². The molecule has 1 aliphatic heterocycles. The van der Waals surface area contributed by atoms with Crippen LogP contribution < -0.4 is 14.5 Å². The third-order valence-corrected chi connectivity index (χ3v) is 4.70. The minimum absolute atomic E-state index is 0.200. The van der Waals surface area contributed by atoms with Gasteiger partial charge in [-0.15, -0.1) is 0 Å². The molecule has 1 amide bonds. The van der Waals surface area contributed by atoms with Crippen LogP contribution in [0.3, 0.4) is 0 Å². The Labute approximate surface area is 147 Å². The number of halogens is 1. The Morgan fingerprint density at radius 1 is 1.24 bits per heavy atom. The van der Waals surface area contributed by atoms with Gasteiger partial charge in [0, 0.05) is 26.2 Å². The van der Waals surface area contributed by atoms with Crippen molar-refractivity contribution < 1.29 is 13.9 Å². The number of rotatable bonds is 3. The molecule has 0 unspecified atom stereocenters. The van der Waals surface area contributed by atoms with E-state index in [4.69, 9.17) is 4.74 Å². The number of carbonyl (C=O) groups is 1. The summed E-state index contributed by atoms with van der Waals surface area (Å²) in [5, 5.41) is 0. The molecule has 0 saturated carbocycles. The van der Waals surface area contributed by atoms with E-state index in [-0.39, 0.29) is 5.91 Å². The highest BCUT2D eigenvalue weighted by Gasteiger charge is 2.28. The lowest BCUT2D eigenvalue weighted by Gasteiger charge is -2.32. The van der Waals surface area contributed by atoms with Crippen molar-refractivity contribution in [1.82, 2.24) is 0 Å². The summed E-state index contributed by atoms with van der Waals surface area (Å²) >= 11 is 0. The molecule has 2 aromatic rings. The molecular weight excluding hydrogens is 319 g/mol. The SMILES string of the molecule is COc1ccc(C)c2c1N(C(=O)c1ccc(N(C)C)c(F)c1)CCC2. The second kappa shape index (κ2) is 6.75. The molecule has 3 rings (SSSR count). The standard InChI is InChI=1S/C20H23FN2O2/c1-13-7-10-18(25-4)19-15(13)6-5-11-23(19)20(24)14-8-9-17(22(2)3)16(21)12-14/h7-10,12H,5-6,11H2,1-4H3. The van der Waals surface area contributed by atoms with Crippen molar-refractivity contribution in [2.75, 3.05) is 37.5 Å².